The van der Waals surface area contributed by atoms with Gasteiger partial charge in [0.05, 0.1) is 45.2 Å². The van der Waals surface area contributed by atoms with E-state index in [1.54, 1.807) is 0 Å². The molecule has 13 aromatic carbocycles. The summed E-state index contributed by atoms with van der Waals surface area (Å²) >= 11 is 3.70. The van der Waals surface area contributed by atoms with Crippen LogP contribution in [0.5, 0.6) is 0 Å². The summed E-state index contributed by atoms with van der Waals surface area (Å²) in [5.41, 5.74) is 23.0. The van der Waals surface area contributed by atoms with Gasteiger partial charge in [0.2, 0.25) is 0 Å². The highest BCUT2D eigenvalue weighted by molar-refractivity contribution is 7.27. The molecule has 0 aliphatic rings. The summed E-state index contributed by atoms with van der Waals surface area (Å²) in [5.74, 6) is 1.41. The molecule has 0 amide bonds. The van der Waals surface area contributed by atoms with Crippen LogP contribution < -0.4 is 0 Å². The summed E-state index contributed by atoms with van der Waals surface area (Å²) in [7, 11) is 0. The molecule has 8 heteroatoms. The number of thiophene rings is 2. The van der Waals surface area contributed by atoms with Gasteiger partial charge in [-0.2, -0.15) is 0 Å². The molecule has 6 nitrogen and oxygen atoms in total. The number of fused-ring (bicyclic) bond motifs is 10. The molecule has 0 N–H and O–H groups in total. The van der Waals surface area contributed by atoms with Crippen molar-refractivity contribution < 1.29 is 0 Å². The maximum Gasteiger partial charge on any atom is 0.160 e. The van der Waals surface area contributed by atoms with E-state index in [4.69, 9.17) is 29.9 Å². The van der Waals surface area contributed by atoms with Crippen molar-refractivity contribution in [3.8, 4) is 124 Å². The van der Waals surface area contributed by atoms with Crippen LogP contribution >= 0.6 is 22.7 Å². The van der Waals surface area contributed by atoms with Crippen LogP contribution in [0, 0.1) is 0 Å². The van der Waals surface area contributed by atoms with Gasteiger partial charge in [0, 0.05) is 95.6 Å². The number of hydrogen-bond acceptors (Lipinski definition) is 8. The lowest BCUT2D eigenvalue weighted by Gasteiger charge is -2.13. The molecule has 19 aromatic rings. The molecule has 0 saturated heterocycles. The summed E-state index contributed by atoms with van der Waals surface area (Å²) in [6, 6.07) is 123. The van der Waals surface area contributed by atoms with Crippen molar-refractivity contribution in [3.05, 3.63) is 352 Å². The monoisotopic (exact) mass is 1310 g/mol. The maximum atomic E-state index is 5.40. The molecule has 0 unspecified atom stereocenters. The zero-order chi connectivity index (χ0) is 66.3. The molecule has 6 aromatic heterocycles. The predicted molar refractivity (Wildman–Crippen MR) is 420 cm³/mol. The van der Waals surface area contributed by atoms with Crippen LogP contribution in [0.25, 0.3) is 186 Å². The first-order chi connectivity index (χ1) is 49.6. The second kappa shape index (κ2) is 26.0. The standard InChI is InChI=1S/C49H31N3S.C43H27N3S/c1-4-13-32(14-5-1)33-23-29-38(30-24-33)49-51-42(35-17-8-3-9-18-35)31-43(52-49)36-25-27-37(28-26-36)47-46-40-19-10-11-22-44(40)53-48(46)45-39(20-12-21-41(45)50-47)34-15-6-2-7-16-34;1-4-13-28(14-5-1)33-20-12-21-35-39(33)42-40(34-19-10-11-22-38(34)47-42)41(44-35)31-25-23-30(24-26-31)37-27-36(29-15-6-2-7-16-29)45-43(46-37)32-17-8-3-9-18-32/h1-31H;1-27H. The third kappa shape index (κ3) is 11.3. The molecule has 0 atom stereocenters. The molecule has 0 aliphatic heterocycles. The first kappa shape index (κ1) is 59.7. The summed E-state index contributed by atoms with van der Waals surface area (Å²) in [6.07, 6.45) is 0. The van der Waals surface area contributed by atoms with Crippen molar-refractivity contribution in [2.75, 3.05) is 0 Å². The van der Waals surface area contributed by atoms with Gasteiger partial charge in [-0.3, -0.25) is 0 Å². The molecular weight excluding hydrogens is 1250 g/mol. The van der Waals surface area contributed by atoms with Gasteiger partial charge in [-0.25, -0.2) is 29.9 Å². The van der Waals surface area contributed by atoms with Crippen molar-refractivity contribution >= 4 is 84.8 Å². The minimum atomic E-state index is 0.696. The zero-order valence-corrected chi connectivity index (χ0v) is 55.6. The molecule has 0 saturated carbocycles. The highest BCUT2D eigenvalue weighted by atomic mass is 32.1. The van der Waals surface area contributed by atoms with Crippen LogP contribution in [0.15, 0.2) is 352 Å². The van der Waals surface area contributed by atoms with E-state index in [-0.39, 0.29) is 0 Å². The van der Waals surface area contributed by atoms with Crippen LogP contribution in [0.3, 0.4) is 0 Å². The molecule has 0 bridgehead atoms. The Balaban J connectivity index is 0.000000145. The molecule has 468 valence electrons. The minimum Gasteiger partial charge on any atom is -0.247 e. The summed E-state index contributed by atoms with van der Waals surface area (Å²) in [5, 5.41) is 7.28. The fraction of sp³-hybridized carbons (Fsp3) is 0. The second-order valence-electron chi connectivity index (χ2n) is 24.8. The Morgan fingerprint density at radius 1 is 0.190 bits per heavy atom. The Kier molecular flexibility index (Phi) is 15.5. The van der Waals surface area contributed by atoms with Crippen molar-refractivity contribution in [2.24, 2.45) is 0 Å². The van der Waals surface area contributed by atoms with E-state index >= 15 is 0 Å². The molecule has 0 spiro atoms. The molecule has 0 radical (unpaired) electrons. The molecule has 0 fully saturated rings. The fourth-order valence-corrected chi connectivity index (χ4v) is 16.3. The normalized spacial score (nSPS) is 11.4. The Labute approximate surface area is 586 Å². The summed E-state index contributed by atoms with van der Waals surface area (Å²) in [6.45, 7) is 0. The number of pyridine rings is 2. The van der Waals surface area contributed by atoms with Gasteiger partial charge in [-0.05, 0) is 69.8 Å². The van der Waals surface area contributed by atoms with E-state index in [2.05, 4.69) is 303 Å². The van der Waals surface area contributed by atoms with Crippen molar-refractivity contribution in [2.45, 2.75) is 0 Å². The van der Waals surface area contributed by atoms with Gasteiger partial charge >= 0.3 is 0 Å². The first-order valence-corrected chi connectivity index (χ1v) is 35.1. The van der Waals surface area contributed by atoms with Crippen LogP contribution in [-0.2, 0) is 0 Å². The van der Waals surface area contributed by atoms with Crippen LogP contribution in [-0.4, -0.2) is 29.9 Å². The smallest absolute Gasteiger partial charge is 0.160 e. The van der Waals surface area contributed by atoms with Crippen molar-refractivity contribution in [1.29, 1.82) is 0 Å². The minimum absolute atomic E-state index is 0.696. The van der Waals surface area contributed by atoms with E-state index in [0.717, 1.165) is 95.3 Å². The van der Waals surface area contributed by atoms with Crippen molar-refractivity contribution in [1.82, 2.24) is 29.9 Å². The van der Waals surface area contributed by atoms with Crippen LogP contribution in [0.1, 0.15) is 0 Å². The van der Waals surface area contributed by atoms with E-state index < -0.39 is 0 Å². The van der Waals surface area contributed by atoms with Crippen LogP contribution in [0.4, 0.5) is 0 Å². The molecule has 6 heterocycles. The lowest BCUT2D eigenvalue weighted by Crippen LogP contribution is -1.96. The largest absolute Gasteiger partial charge is 0.247 e. The van der Waals surface area contributed by atoms with Gasteiger partial charge in [-0.1, -0.05) is 315 Å². The van der Waals surface area contributed by atoms with Gasteiger partial charge in [-0.15, -0.1) is 22.7 Å². The molecule has 0 aliphatic carbocycles. The first-order valence-electron chi connectivity index (χ1n) is 33.5. The lowest BCUT2D eigenvalue weighted by atomic mass is 9.96. The van der Waals surface area contributed by atoms with E-state index in [0.29, 0.717) is 11.6 Å². The molecule has 100 heavy (non-hydrogen) atoms. The molecular formula is C92H58N6S2. The second-order valence-corrected chi connectivity index (χ2v) is 26.9. The van der Waals surface area contributed by atoms with Gasteiger partial charge < -0.3 is 0 Å². The Morgan fingerprint density at radius 2 is 0.470 bits per heavy atom. The maximum absolute atomic E-state index is 5.40. The third-order valence-electron chi connectivity index (χ3n) is 18.6. The number of nitrogens with zero attached hydrogens (tertiary/aromatic N) is 6. The van der Waals surface area contributed by atoms with Gasteiger partial charge in [0.1, 0.15) is 0 Å². The number of hydrogen-bond donors (Lipinski definition) is 0. The lowest BCUT2D eigenvalue weighted by molar-refractivity contribution is 1.18. The number of rotatable bonds is 11. The number of aromatic nitrogens is 6. The Hall–Kier alpha value is -12.7. The predicted octanol–water partition coefficient (Wildman–Crippen LogP) is 25.1. The van der Waals surface area contributed by atoms with E-state index in [9.17, 15) is 0 Å². The zero-order valence-electron chi connectivity index (χ0n) is 54.0. The van der Waals surface area contributed by atoms with Gasteiger partial charge in [0.25, 0.3) is 0 Å². The SMILES string of the molecule is c1ccc(-c2cc(-c3ccc(-c4nc5cccc(-c6ccccc6)c5c5sc6ccccc6c45)cc3)nc(-c3ccccc3)n2)cc1.c1ccc(-c2ccc(-c3nc(-c4ccccc4)cc(-c4ccc(-c5nc6cccc(-c7ccccc7)c6c6sc7ccccc7c56)cc4)n3)cc2)cc1. The van der Waals surface area contributed by atoms with Crippen molar-refractivity contribution in [3.63, 3.8) is 0 Å². The van der Waals surface area contributed by atoms with E-state index in [1.165, 1.54) is 78.9 Å². The van der Waals surface area contributed by atoms with Crippen LogP contribution in [0.2, 0.25) is 0 Å². The number of benzene rings is 13. The summed E-state index contributed by atoms with van der Waals surface area (Å²) in [4.78, 5) is 31.0. The van der Waals surface area contributed by atoms with Gasteiger partial charge in [0.15, 0.2) is 11.6 Å². The highest BCUT2D eigenvalue weighted by Gasteiger charge is 2.22. The average Bonchev–Trinajstić information content (AvgIpc) is 1.53. The van der Waals surface area contributed by atoms with E-state index in [1.807, 2.05) is 71.2 Å². The highest BCUT2D eigenvalue weighted by Crippen LogP contribution is 2.48. The Bertz CT molecular complexity index is 6150. The Morgan fingerprint density at radius 3 is 0.860 bits per heavy atom. The summed E-state index contributed by atoms with van der Waals surface area (Å²) < 4.78 is 5.06. The fourth-order valence-electron chi connectivity index (χ4n) is 13.7. The topological polar surface area (TPSA) is 77.3 Å². The quantitative estimate of drug-likeness (QED) is 0.128. The average molecular weight is 1310 g/mol. The molecule has 19 rings (SSSR count). The third-order valence-corrected chi connectivity index (χ3v) is 21.0.